The Hall–Kier alpha value is -2.67. The monoisotopic (exact) mass is 398 g/mol. The highest BCUT2D eigenvalue weighted by molar-refractivity contribution is 6.31. The van der Waals surface area contributed by atoms with Crippen LogP contribution in [-0.2, 0) is 25.9 Å². The number of aryl methyl sites for hydroxylation is 1. The Labute approximate surface area is 168 Å². The summed E-state index contributed by atoms with van der Waals surface area (Å²) in [4.78, 5) is 12.4. The molecule has 0 saturated carbocycles. The minimum absolute atomic E-state index is 0.138. The molecule has 3 aromatic rings. The van der Waals surface area contributed by atoms with Crippen LogP contribution in [0, 0.1) is 0 Å². The third-order valence-electron chi connectivity index (χ3n) is 5.01. The molecule has 4 rings (SSSR count). The fraction of sp³-hybridized carbons (Fsp3) is 0.400. The molecule has 146 valence electrons. The molecule has 1 N–H and O–H groups in total. The summed E-state index contributed by atoms with van der Waals surface area (Å²) < 4.78 is 3.93. The number of fused-ring (bicyclic) bond motifs is 1. The molecule has 0 aliphatic carbocycles. The smallest absolute Gasteiger partial charge is 0.254 e. The van der Waals surface area contributed by atoms with Gasteiger partial charge < -0.3 is 9.88 Å². The maximum atomic E-state index is 12.4. The Morgan fingerprint density at radius 1 is 1.18 bits per heavy atom. The van der Waals surface area contributed by atoms with Crippen LogP contribution in [0.5, 0.6) is 0 Å². The molecule has 8 heteroatoms. The Morgan fingerprint density at radius 2 is 2.07 bits per heavy atom. The lowest BCUT2D eigenvalue weighted by Crippen LogP contribution is -2.26. The van der Waals surface area contributed by atoms with E-state index in [1.807, 2.05) is 24.3 Å². The number of rotatable bonds is 6. The lowest BCUT2D eigenvalue weighted by atomic mass is 10.2. The van der Waals surface area contributed by atoms with Crippen LogP contribution in [0.3, 0.4) is 0 Å². The van der Waals surface area contributed by atoms with Gasteiger partial charge in [-0.2, -0.15) is 5.10 Å². The molecule has 0 bridgehead atoms. The van der Waals surface area contributed by atoms with Crippen molar-refractivity contribution < 1.29 is 4.79 Å². The van der Waals surface area contributed by atoms with Crippen molar-refractivity contribution in [1.82, 2.24) is 29.9 Å². The van der Waals surface area contributed by atoms with Gasteiger partial charge in [0.1, 0.15) is 11.6 Å². The number of nitrogens with zero attached hydrogens (tertiary/aromatic N) is 5. The van der Waals surface area contributed by atoms with E-state index >= 15 is 0 Å². The van der Waals surface area contributed by atoms with Gasteiger partial charge in [-0.25, -0.2) is 0 Å². The fourth-order valence-corrected chi connectivity index (χ4v) is 3.68. The van der Waals surface area contributed by atoms with E-state index in [0.717, 1.165) is 36.6 Å². The predicted octanol–water partition coefficient (Wildman–Crippen LogP) is 2.88. The van der Waals surface area contributed by atoms with Crippen LogP contribution >= 0.6 is 11.6 Å². The Bertz CT molecular complexity index is 963. The van der Waals surface area contributed by atoms with Crippen molar-refractivity contribution >= 4 is 17.5 Å². The molecule has 0 fully saturated rings. The quantitative estimate of drug-likeness (QED) is 0.692. The van der Waals surface area contributed by atoms with E-state index in [0.29, 0.717) is 30.1 Å². The molecule has 7 nitrogen and oxygen atoms in total. The highest BCUT2D eigenvalue weighted by Crippen LogP contribution is 2.16. The van der Waals surface area contributed by atoms with Gasteiger partial charge in [0.25, 0.3) is 5.91 Å². The molecule has 2 aromatic heterocycles. The van der Waals surface area contributed by atoms with E-state index in [9.17, 15) is 4.79 Å². The van der Waals surface area contributed by atoms with Crippen LogP contribution in [0.4, 0.5) is 0 Å². The Kier molecular flexibility index (Phi) is 5.71. The lowest BCUT2D eigenvalue weighted by Gasteiger charge is -2.07. The molecule has 0 atom stereocenters. The fourth-order valence-electron chi connectivity index (χ4n) is 3.49. The molecule has 28 heavy (non-hydrogen) atoms. The molecule has 0 spiro atoms. The van der Waals surface area contributed by atoms with Crippen LogP contribution in [-0.4, -0.2) is 37.0 Å². The predicted molar refractivity (Wildman–Crippen MR) is 106 cm³/mol. The number of nitrogens with one attached hydrogen (secondary N) is 1. The van der Waals surface area contributed by atoms with Crippen LogP contribution in [0.2, 0.25) is 5.02 Å². The lowest BCUT2D eigenvalue weighted by molar-refractivity contribution is 0.0954. The summed E-state index contributed by atoms with van der Waals surface area (Å²) in [5, 5.41) is 16.5. The maximum absolute atomic E-state index is 12.4. The number of amides is 1. The minimum Gasteiger partial charge on any atom is -0.351 e. The van der Waals surface area contributed by atoms with E-state index < -0.39 is 0 Å². The molecule has 0 saturated heterocycles. The summed E-state index contributed by atoms with van der Waals surface area (Å²) in [7, 11) is 0. The van der Waals surface area contributed by atoms with Crippen LogP contribution in [0.25, 0.3) is 0 Å². The highest BCUT2D eigenvalue weighted by Gasteiger charge is 2.15. The second-order valence-electron chi connectivity index (χ2n) is 7.02. The number of carbonyl (C=O) groups is 1. The molecular weight excluding hydrogens is 376 g/mol. The van der Waals surface area contributed by atoms with Gasteiger partial charge >= 0.3 is 0 Å². The SMILES string of the molecule is O=C(NCCc1nnc2n1CCCCC2)c1cnn(Cc2ccccc2Cl)c1. The summed E-state index contributed by atoms with van der Waals surface area (Å²) in [6, 6.07) is 7.62. The summed E-state index contributed by atoms with van der Waals surface area (Å²) in [5.41, 5.74) is 1.50. The summed E-state index contributed by atoms with van der Waals surface area (Å²) in [6.07, 6.45) is 8.55. The zero-order valence-electron chi connectivity index (χ0n) is 15.6. The van der Waals surface area contributed by atoms with Crippen LogP contribution in [0.1, 0.15) is 46.8 Å². The molecule has 1 amide bonds. The first-order valence-corrected chi connectivity index (χ1v) is 10.0. The van der Waals surface area contributed by atoms with Gasteiger partial charge in [-0.3, -0.25) is 9.48 Å². The van der Waals surface area contributed by atoms with Gasteiger partial charge in [-0.1, -0.05) is 36.2 Å². The zero-order valence-corrected chi connectivity index (χ0v) is 16.4. The zero-order chi connectivity index (χ0) is 19.3. The van der Waals surface area contributed by atoms with Crippen LogP contribution < -0.4 is 5.32 Å². The van der Waals surface area contributed by atoms with Gasteiger partial charge in [0, 0.05) is 37.2 Å². The molecule has 1 aliphatic rings. The van der Waals surface area contributed by atoms with Gasteiger partial charge in [-0.05, 0) is 24.5 Å². The van der Waals surface area contributed by atoms with Crippen molar-refractivity contribution in [1.29, 1.82) is 0 Å². The van der Waals surface area contributed by atoms with Crippen molar-refractivity contribution in [3.63, 3.8) is 0 Å². The van der Waals surface area contributed by atoms with Crippen molar-refractivity contribution in [3.8, 4) is 0 Å². The van der Waals surface area contributed by atoms with Crippen molar-refractivity contribution in [3.05, 3.63) is 64.5 Å². The molecule has 0 radical (unpaired) electrons. The van der Waals surface area contributed by atoms with E-state index in [-0.39, 0.29) is 5.91 Å². The third-order valence-corrected chi connectivity index (χ3v) is 5.37. The molecule has 3 heterocycles. The van der Waals surface area contributed by atoms with Crippen molar-refractivity contribution in [2.45, 2.75) is 45.2 Å². The van der Waals surface area contributed by atoms with Crippen molar-refractivity contribution in [2.24, 2.45) is 0 Å². The maximum Gasteiger partial charge on any atom is 0.254 e. The average Bonchev–Trinajstić information content (AvgIpc) is 3.24. The first kappa shape index (κ1) is 18.7. The number of carbonyl (C=O) groups excluding carboxylic acids is 1. The summed E-state index contributed by atoms with van der Waals surface area (Å²) >= 11 is 6.19. The van der Waals surface area contributed by atoms with Gasteiger partial charge in [0.2, 0.25) is 0 Å². The van der Waals surface area contributed by atoms with Crippen LogP contribution in [0.15, 0.2) is 36.7 Å². The summed E-state index contributed by atoms with van der Waals surface area (Å²) in [5.74, 6) is 1.88. The third kappa shape index (κ3) is 4.25. The normalized spacial score (nSPS) is 13.8. The van der Waals surface area contributed by atoms with Crippen molar-refractivity contribution in [2.75, 3.05) is 6.54 Å². The number of aromatic nitrogens is 5. The highest BCUT2D eigenvalue weighted by atomic mass is 35.5. The molecular formula is C20H23ClN6O. The number of hydrogen-bond donors (Lipinski definition) is 1. The molecule has 1 aliphatic heterocycles. The largest absolute Gasteiger partial charge is 0.351 e. The molecule has 1 aromatic carbocycles. The van der Waals surface area contributed by atoms with E-state index in [1.165, 1.54) is 12.8 Å². The summed E-state index contributed by atoms with van der Waals surface area (Å²) in [6.45, 7) is 2.02. The Balaban J connectivity index is 1.32. The number of benzene rings is 1. The molecule has 0 unspecified atom stereocenters. The second-order valence-corrected chi connectivity index (χ2v) is 7.43. The topological polar surface area (TPSA) is 77.6 Å². The van der Waals surface area contributed by atoms with Gasteiger partial charge in [-0.15, -0.1) is 10.2 Å². The van der Waals surface area contributed by atoms with E-state index in [4.69, 9.17) is 11.6 Å². The second kappa shape index (κ2) is 8.56. The number of hydrogen-bond acceptors (Lipinski definition) is 4. The first-order chi connectivity index (χ1) is 13.7. The van der Waals surface area contributed by atoms with Gasteiger partial charge in [0.15, 0.2) is 0 Å². The first-order valence-electron chi connectivity index (χ1n) is 9.66. The average molecular weight is 399 g/mol. The standard InChI is InChI=1S/C20H23ClN6O/c21-17-7-4-3-6-15(17)13-26-14-16(12-23-26)20(28)22-10-9-19-25-24-18-8-2-1-5-11-27(18)19/h3-4,6-7,12,14H,1-2,5,8-11,13H2,(H,22,28). The Morgan fingerprint density at radius 3 is 2.96 bits per heavy atom. The minimum atomic E-state index is -0.138. The van der Waals surface area contributed by atoms with Gasteiger partial charge in [0.05, 0.1) is 18.3 Å². The number of halogens is 1. The van der Waals surface area contributed by atoms with E-state index in [1.54, 1.807) is 17.1 Å². The van der Waals surface area contributed by atoms with E-state index in [2.05, 4.69) is 25.2 Å².